The minimum atomic E-state index is 0.846. The van der Waals surface area contributed by atoms with Crippen LogP contribution in [-0.2, 0) is 13.1 Å². The van der Waals surface area contributed by atoms with Gasteiger partial charge in [-0.15, -0.1) is 0 Å². The predicted octanol–water partition coefficient (Wildman–Crippen LogP) is 0.820. The zero-order chi connectivity index (χ0) is 9.26. The summed E-state index contributed by atoms with van der Waals surface area (Å²) in [6.07, 6.45) is 0. The van der Waals surface area contributed by atoms with Crippen molar-refractivity contribution < 1.29 is 0 Å². The summed E-state index contributed by atoms with van der Waals surface area (Å²) in [5.74, 6) is 1.84. The van der Waals surface area contributed by atoms with Gasteiger partial charge in [-0.3, -0.25) is 0 Å². The summed E-state index contributed by atoms with van der Waals surface area (Å²) in [5.41, 5.74) is 2.37. The lowest BCUT2D eigenvalue weighted by molar-refractivity contribution is 0.757. The van der Waals surface area contributed by atoms with Crippen LogP contribution < -0.4 is 10.6 Å². The first-order chi connectivity index (χ1) is 6.31. The fourth-order valence-electron chi connectivity index (χ4n) is 1.61. The highest BCUT2D eigenvalue weighted by Gasteiger charge is 2.16. The van der Waals surface area contributed by atoms with Gasteiger partial charge in [0.15, 0.2) is 0 Å². The first-order valence-electron chi connectivity index (χ1n) is 4.62. The molecular formula is C9H14N4. The van der Waals surface area contributed by atoms with Crippen LogP contribution in [0.5, 0.6) is 0 Å². The van der Waals surface area contributed by atoms with E-state index < -0.39 is 0 Å². The van der Waals surface area contributed by atoms with Gasteiger partial charge < -0.3 is 10.6 Å². The van der Waals surface area contributed by atoms with E-state index in [1.165, 1.54) is 5.56 Å². The highest BCUT2D eigenvalue weighted by Crippen LogP contribution is 2.20. The first-order valence-corrected chi connectivity index (χ1v) is 4.62. The van der Waals surface area contributed by atoms with Crippen LogP contribution in [0.2, 0.25) is 0 Å². The minimum absolute atomic E-state index is 0.846. The molecule has 0 saturated heterocycles. The topological polar surface area (TPSA) is 49.8 Å². The molecule has 1 aromatic heterocycles. The third-order valence-corrected chi connectivity index (χ3v) is 2.14. The molecule has 0 fully saturated rings. The summed E-state index contributed by atoms with van der Waals surface area (Å²) in [7, 11) is 0. The van der Waals surface area contributed by atoms with E-state index >= 15 is 0 Å². The van der Waals surface area contributed by atoms with Crippen LogP contribution in [0.25, 0.3) is 0 Å². The first kappa shape index (κ1) is 8.44. The van der Waals surface area contributed by atoms with Gasteiger partial charge in [0.25, 0.3) is 0 Å². The zero-order valence-electron chi connectivity index (χ0n) is 8.02. The Morgan fingerprint density at radius 1 is 1.38 bits per heavy atom. The van der Waals surface area contributed by atoms with Gasteiger partial charge in [0, 0.05) is 25.2 Å². The number of aromatic nitrogens is 2. The molecule has 70 valence electrons. The van der Waals surface area contributed by atoms with Crippen molar-refractivity contribution in [3.8, 4) is 0 Å². The Morgan fingerprint density at radius 3 is 3.00 bits per heavy atom. The van der Waals surface area contributed by atoms with Gasteiger partial charge >= 0.3 is 0 Å². The lowest BCUT2D eigenvalue weighted by Crippen LogP contribution is -2.06. The summed E-state index contributed by atoms with van der Waals surface area (Å²) in [6, 6.07) is 0. The van der Waals surface area contributed by atoms with Gasteiger partial charge in [-0.1, -0.05) is 0 Å². The van der Waals surface area contributed by atoms with E-state index in [1.807, 2.05) is 6.92 Å². The minimum Gasteiger partial charge on any atom is -0.370 e. The summed E-state index contributed by atoms with van der Waals surface area (Å²) < 4.78 is 0. The van der Waals surface area contributed by atoms with Crippen molar-refractivity contribution in [1.82, 2.24) is 15.3 Å². The quantitative estimate of drug-likeness (QED) is 0.704. The number of nitrogens with zero attached hydrogens (tertiary/aromatic N) is 2. The Hall–Kier alpha value is -1.16. The van der Waals surface area contributed by atoms with Crippen molar-refractivity contribution in [2.45, 2.75) is 26.9 Å². The molecule has 4 heteroatoms. The maximum atomic E-state index is 4.38. The molecule has 0 saturated carbocycles. The second-order valence-electron chi connectivity index (χ2n) is 3.18. The molecule has 0 spiro atoms. The molecule has 2 heterocycles. The van der Waals surface area contributed by atoms with Gasteiger partial charge in [-0.25, -0.2) is 9.97 Å². The summed E-state index contributed by atoms with van der Waals surface area (Å²) >= 11 is 0. The van der Waals surface area contributed by atoms with Gasteiger partial charge in [-0.05, 0) is 13.8 Å². The van der Waals surface area contributed by atoms with E-state index in [2.05, 4.69) is 27.5 Å². The molecule has 0 atom stereocenters. The van der Waals surface area contributed by atoms with Crippen LogP contribution in [0.3, 0.4) is 0 Å². The van der Waals surface area contributed by atoms with Gasteiger partial charge in [-0.2, -0.15) is 0 Å². The van der Waals surface area contributed by atoms with Gasteiger partial charge in [0.1, 0.15) is 11.6 Å². The van der Waals surface area contributed by atoms with E-state index in [-0.39, 0.29) is 0 Å². The molecule has 0 radical (unpaired) electrons. The second kappa shape index (κ2) is 3.30. The van der Waals surface area contributed by atoms with Crippen molar-refractivity contribution >= 4 is 5.82 Å². The third kappa shape index (κ3) is 1.49. The second-order valence-corrected chi connectivity index (χ2v) is 3.18. The average molecular weight is 178 g/mol. The van der Waals surface area contributed by atoms with E-state index in [1.54, 1.807) is 0 Å². The van der Waals surface area contributed by atoms with Crippen LogP contribution in [0.4, 0.5) is 5.82 Å². The Morgan fingerprint density at radius 2 is 2.23 bits per heavy atom. The summed E-state index contributed by atoms with van der Waals surface area (Å²) in [5, 5.41) is 6.53. The Labute approximate surface area is 77.8 Å². The maximum Gasteiger partial charge on any atom is 0.134 e. The lowest BCUT2D eigenvalue weighted by Gasteiger charge is -2.07. The van der Waals surface area contributed by atoms with Crippen LogP contribution in [0.1, 0.15) is 24.0 Å². The Kier molecular flexibility index (Phi) is 2.14. The van der Waals surface area contributed by atoms with E-state index in [0.717, 1.165) is 37.0 Å². The molecule has 2 N–H and O–H groups in total. The van der Waals surface area contributed by atoms with Crippen LogP contribution >= 0.6 is 0 Å². The van der Waals surface area contributed by atoms with Crippen molar-refractivity contribution in [1.29, 1.82) is 0 Å². The molecule has 1 aliphatic rings. The van der Waals surface area contributed by atoms with Crippen LogP contribution in [0.15, 0.2) is 0 Å². The molecule has 0 amide bonds. The molecular weight excluding hydrogens is 164 g/mol. The molecule has 0 unspecified atom stereocenters. The van der Waals surface area contributed by atoms with Crippen LogP contribution in [-0.4, -0.2) is 16.5 Å². The molecule has 0 aliphatic carbocycles. The molecule has 13 heavy (non-hydrogen) atoms. The highest BCUT2D eigenvalue weighted by molar-refractivity contribution is 5.48. The standard InChI is InChI=1S/C9H14N4/c1-3-11-9-7-4-10-5-8(7)12-6(2)13-9/h10H,3-5H2,1-2H3,(H,11,12,13). The van der Waals surface area contributed by atoms with Crippen molar-refractivity contribution in [3.05, 3.63) is 17.1 Å². The predicted molar refractivity (Wildman–Crippen MR) is 51.5 cm³/mol. The normalized spacial score (nSPS) is 14.3. The van der Waals surface area contributed by atoms with Gasteiger partial charge in [0.2, 0.25) is 0 Å². The van der Waals surface area contributed by atoms with Gasteiger partial charge in [0.05, 0.1) is 5.69 Å². The van der Waals surface area contributed by atoms with E-state index in [0.29, 0.717) is 0 Å². The number of anilines is 1. The molecule has 1 aromatic rings. The molecule has 0 aromatic carbocycles. The largest absolute Gasteiger partial charge is 0.370 e. The fourth-order valence-corrected chi connectivity index (χ4v) is 1.61. The number of hydrogen-bond donors (Lipinski definition) is 2. The maximum absolute atomic E-state index is 4.38. The highest BCUT2D eigenvalue weighted by atomic mass is 15.1. The fraction of sp³-hybridized carbons (Fsp3) is 0.556. The zero-order valence-corrected chi connectivity index (χ0v) is 8.02. The third-order valence-electron chi connectivity index (χ3n) is 2.14. The number of fused-ring (bicyclic) bond motifs is 1. The number of nitrogens with one attached hydrogen (secondary N) is 2. The smallest absolute Gasteiger partial charge is 0.134 e. The molecule has 0 bridgehead atoms. The summed E-state index contributed by atoms with van der Waals surface area (Å²) in [6.45, 7) is 6.67. The van der Waals surface area contributed by atoms with Crippen LogP contribution in [0, 0.1) is 6.92 Å². The Balaban J connectivity index is 2.43. The number of hydrogen-bond acceptors (Lipinski definition) is 4. The molecule has 1 aliphatic heterocycles. The molecule has 2 rings (SSSR count). The van der Waals surface area contributed by atoms with E-state index in [4.69, 9.17) is 0 Å². The Bertz CT molecular complexity index is 322. The van der Waals surface area contributed by atoms with Crippen molar-refractivity contribution in [2.24, 2.45) is 0 Å². The number of aryl methyl sites for hydroxylation is 1. The van der Waals surface area contributed by atoms with Crippen molar-refractivity contribution in [3.63, 3.8) is 0 Å². The molecule has 4 nitrogen and oxygen atoms in total. The number of rotatable bonds is 2. The van der Waals surface area contributed by atoms with E-state index in [9.17, 15) is 0 Å². The monoisotopic (exact) mass is 178 g/mol. The summed E-state index contributed by atoms with van der Waals surface area (Å²) in [4.78, 5) is 8.76. The average Bonchev–Trinajstić information content (AvgIpc) is 2.52. The van der Waals surface area contributed by atoms with Crippen molar-refractivity contribution in [2.75, 3.05) is 11.9 Å². The lowest BCUT2D eigenvalue weighted by atomic mass is 10.2. The SMILES string of the molecule is CCNc1nc(C)nc2c1CNC2.